The summed E-state index contributed by atoms with van der Waals surface area (Å²) in [6.45, 7) is 9.18. The molecule has 2 aromatic carbocycles. The third-order valence-electron chi connectivity index (χ3n) is 4.68. The standard InChI is InChI=1S/C24H29ClN2O5/c1-6-31-18-9-7-17(8-10-18)23(29)27-21(14(2)3)24(30)32-13-20(28)26-22-16(5)11-15(4)12-19(22)25/h7-12,14,21H,6,13H2,1-5H3,(H,26,28)(H,27,29)/t21-/m0/s1. The normalized spacial score (nSPS) is 11.6. The Balaban J connectivity index is 1.96. The van der Waals surface area contributed by atoms with Crippen LogP contribution in [-0.2, 0) is 14.3 Å². The lowest BCUT2D eigenvalue weighted by atomic mass is 10.0. The van der Waals surface area contributed by atoms with Crippen molar-refractivity contribution in [3.05, 3.63) is 58.1 Å². The van der Waals surface area contributed by atoms with E-state index in [1.54, 1.807) is 44.2 Å². The van der Waals surface area contributed by atoms with E-state index >= 15 is 0 Å². The van der Waals surface area contributed by atoms with Crippen molar-refractivity contribution in [3.8, 4) is 5.75 Å². The number of aryl methyl sites for hydroxylation is 2. The van der Waals surface area contributed by atoms with Crippen LogP contribution in [0.25, 0.3) is 0 Å². The molecule has 2 aromatic rings. The second-order valence-corrected chi connectivity index (χ2v) is 8.15. The number of halogens is 1. The van der Waals surface area contributed by atoms with E-state index in [1.807, 2.05) is 26.8 Å². The van der Waals surface area contributed by atoms with Gasteiger partial charge in [-0.1, -0.05) is 31.5 Å². The minimum absolute atomic E-state index is 0.244. The fraction of sp³-hybridized carbons (Fsp3) is 0.375. The van der Waals surface area contributed by atoms with Gasteiger partial charge in [0.1, 0.15) is 11.8 Å². The van der Waals surface area contributed by atoms with E-state index in [1.165, 1.54) is 0 Å². The van der Waals surface area contributed by atoms with Crippen LogP contribution in [0.15, 0.2) is 36.4 Å². The Bertz CT molecular complexity index is 950. The van der Waals surface area contributed by atoms with Crippen LogP contribution < -0.4 is 15.4 Å². The molecule has 0 aromatic heterocycles. The monoisotopic (exact) mass is 460 g/mol. The second kappa shape index (κ2) is 11.5. The number of carbonyl (C=O) groups excluding carboxylic acids is 3. The lowest BCUT2D eigenvalue weighted by Crippen LogP contribution is -2.45. The number of anilines is 1. The number of amides is 2. The molecule has 1 atom stereocenters. The number of ether oxygens (including phenoxy) is 2. The van der Waals surface area contributed by atoms with Crippen LogP contribution in [0, 0.1) is 19.8 Å². The highest BCUT2D eigenvalue weighted by atomic mass is 35.5. The Labute approximate surface area is 193 Å². The van der Waals surface area contributed by atoms with E-state index in [-0.39, 0.29) is 5.92 Å². The van der Waals surface area contributed by atoms with Gasteiger partial charge in [-0.2, -0.15) is 0 Å². The quantitative estimate of drug-likeness (QED) is 0.544. The first-order chi connectivity index (χ1) is 15.1. The Hall–Kier alpha value is -3.06. The van der Waals surface area contributed by atoms with Crippen LogP contribution in [-0.4, -0.2) is 37.0 Å². The number of esters is 1. The third kappa shape index (κ3) is 6.99. The van der Waals surface area contributed by atoms with Gasteiger partial charge >= 0.3 is 5.97 Å². The highest BCUT2D eigenvalue weighted by Gasteiger charge is 2.27. The first-order valence-corrected chi connectivity index (χ1v) is 10.8. The molecule has 0 aliphatic rings. The summed E-state index contributed by atoms with van der Waals surface area (Å²) in [4.78, 5) is 37.4. The van der Waals surface area contributed by atoms with Gasteiger partial charge < -0.3 is 20.1 Å². The molecule has 0 unspecified atom stereocenters. The van der Waals surface area contributed by atoms with Crippen molar-refractivity contribution in [2.24, 2.45) is 5.92 Å². The van der Waals surface area contributed by atoms with Crippen molar-refractivity contribution >= 4 is 35.1 Å². The molecule has 0 bridgehead atoms. The summed E-state index contributed by atoms with van der Waals surface area (Å²) in [5.41, 5.74) is 2.63. The Kier molecular flexibility index (Phi) is 9.08. The SMILES string of the molecule is CCOc1ccc(C(=O)N[C@H](C(=O)OCC(=O)Nc2c(C)cc(C)cc2Cl)C(C)C)cc1. The Morgan fingerprint density at radius 1 is 1.06 bits per heavy atom. The van der Waals surface area contributed by atoms with Gasteiger partial charge in [-0.3, -0.25) is 9.59 Å². The molecule has 172 valence electrons. The Morgan fingerprint density at radius 3 is 2.28 bits per heavy atom. The van der Waals surface area contributed by atoms with Crippen molar-refractivity contribution in [3.63, 3.8) is 0 Å². The van der Waals surface area contributed by atoms with Gasteiger partial charge in [0.25, 0.3) is 11.8 Å². The van der Waals surface area contributed by atoms with E-state index in [2.05, 4.69) is 10.6 Å². The largest absolute Gasteiger partial charge is 0.494 e. The molecular weight excluding hydrogens is 432 g/mol. The summed E-state index contributed by atoms with van der Waals surface area (Å²) < 4.78 is 10.5. The first-order valence-electron chi connectivity index (χ1n) is 10.4. The molecule has 0 saturated carbocycles. The highest BCUT2D eigenvalue weighted by molar-refractivity contribution is 6.34. The maximum Gasteiger partial charge on any atom is 0.329 e. The summed E-state index contributed by atoms with van der Waals surface area (Å²) in [7, 11) is 0. The molecule has 2 rings (SSSR count). The molecule has 0 radical (unpaired) electrons. The van der Waals surface area contributed by atoms with E-state index in [9.17, 15) is 14.4 Å². The fourth-order valence-electron chi connectivity index (χ4n) is 3.07. The minimum atomic E-state index is -0.911. The molecule has 8 heteroatoms. The maximum absolute atomic E-state index is 12.6. The average molecular weight is 461 g/mol. The van der Waals surface area contributed by atoms with E-state index < -0.39 is 30.4 Å². The maximum atomic E-state index is 12.6. The van der Waals surface area contributed by atoms with Crippen molar-refractivity contribution in [2.45, 2.75) is 40.7 Å². The van der Waals surface area contributed by atoms with Crippen molar-refractivity contribution < 1.29 is 23.9 Å². The van der Waals surface area contributed by atoms with Gasteiger partial charge in [-0.05, 0) is 68.1 Å². The molecule has 0 aliphatic heterocycles. The number of hydrogen-bond acceptors (Lipinski definition) is 5. The predicted molar refractivity (Wildman–Crippen MR) is 124 cm³/mol. The van der Waals surface area contributed by atoms with E-state index in [4.69, 9.17) is 21.1 Å². The summed E-state index contributed by atoms with van der Waals surface area (Å²) in [6.07, 6.45) is 0. The van der Waals surface area contributed by atoms with Crippen LogP contribution in [0.3, 0.4) is 0 Å². The summed E-state index contributed by atoms with van der Waals surface area (Å²) in [5, 5.41) is 5.75. The minimum Gasteiger partial charge on any atom is -0.494 e. The van der Waals surface area contributed by atoms with Crippen molar-refractivity contribution in [1.29, 1.82) is 0 Å². The molecule has 32 heavy (non-hydrogen) atoms. The van der Waals surface area contributed by atoms with Crippen molar-refractivity contribution in [1.82, 2.24) is 5.32 Å². The molecule has 0 saturated heterocycles. The van der Waals surface area contributed by atoms with E-state index in [0.717, 1.165) is 11.1 Å². The summed E-state index contributed by atoms with van der Waals surface area (Å²) in [5.74, 6) is -1.23. The van der Waals surface area contributed by atoms with Crippen molar-refractivity contribution in [2.75, 3.05) is 18.5 Å². The molecule has 0 spiro atoms. The number of rotatable bonds is 9. The zero-order valence-electron chi connectivity index (χ0n) is 19.0. The van der Waals surface area contributed by atoms with Crippen LogP contribution in [0.2, 0.25) is 5.02 Å². The molecular formula is C24H29ClN2O5. The van der Waals surface area contributed by atoms with Gasteiger partial charge in [0.2, 0.25) is 0 Å². The number of hydrogen-bond donors (Lipinski definition) is 2. The lowest BCUT2D eigenvalue weighted by molar-refractivity contribution is -0.150. The number of benzene rings is 2. The summed E-state index contributed by atoms with van der Waals surface area (Å²) in [6, 6.07) is 9.31. The predicted octanol–water partition coefficient (Wildman–Crippen LogP) is 4.29. The van der Waals surface area contributed by atoms with Crippen LogP contribution >= 0.6 is 11.6 Å². The highest BCUT2D eigenvalue weighted by Crippen LogP contribution is 2.27. The molecule has 2 amide bonds. The lowest BCUT2D eigenvalue weighted by Gasteiger charge is -2.21. The molecule has 0 aliphatic carbocycles. The number of carbonyl (C=O) groups is 3. The average Bonchev–Trinajstić information content (AvgIpc) is 2.73. The zero-order valence-corrected chi connectivity index (χ0v) is 19.7. The molecule has 7 nitrogen and oxygen atoms in total. The van der Waals surface area contributed by atoms with Crippen LogP contribution in [0.4, 0.5) is 5.69 Å². The van der Waals surface area contributed by atoms with Gasteiger partial charge in [-0.15, -0.1) is 0 Å². The summed E-state index contributed by atoms with van der Waals surface area (Å²) >= 11 is 6.20. The smallest absolute Gasteiger partial charge is 0.329 e. The van der Waals surface area contributed by atoms with Crippen LogP contribution in [0.5, 0.6) is 5.75 Å². The first kappa shape index (κ1) is 25.2. The molecule has 0 fully saturated rings. The third-order valence-corrected chi connectivity index (χ3v) is 4.97. The zero-order chi connectivity index (χ0) is 23.8. The fourth-order valence-corrected chi connectivity index (χ4v) is 3.44. The molecule has 0 heterocycles. The van der Waals surface area contributed by atoms with Gasteiger partial charge in [-0.25, -0.2) is 4.79 Å². The number of nitrogens with one attached hydrogen (secondary N) is 2. The van der Waals surface area contributed by atoms with Crippen LogP contribution in [0.1, 0.15) is 42.3 Å². The Morgan fingerprint density at radius 2 is 1.72 bits per heavy atom. The molecule has 2 N–H and O–H groups in total. The van der Waals surface area contributed by atoms with E-state index in [0.29, 0.717) is 28.6 Å². The van der Waals surface area contributed by atoms with Gasteiger partial charge in [0.15, 0.2) is 6.61 Å². The topological polar surface area (TPSA) is 93.7 Å². The second-order valence-electron chi connectivity index (χ2n) is 7.75. The van der Waals surface area contributed by atoms with Gasteiger partial charge in [0, 0.05) is 5.56 Å². The van der Waals surface area contributed by atoms with Gasteiger partial charge in [0.05, 0.1) is 17.3 Å².